The first-order valence-corrected chi connectivity index (χ1v) is 5.17. The van der Waals surface area contributed by atoms with Gasteiger partial charge in [0.15, 0.2) is 0 Å². The van der Waals surface area contributed by atoms with E-state index in [1.54, 1.807) is 6.92 Å². The highest BCUT2D eigenvalue weighted by Crippen LogP contribution is 2.26. The summed E-state index contributed by atoms with van der Waals surface area (Å²) in [4.78, 5) is 4.06. The molecule has 0 aliphatic heterocycles. The molecule has 0 saturated heterocycles. The molecule has 0 atom stereocenters. The largest absolute Gasteiger partial charge is 0.264 e. The summed E-state index contributed by atoms with van der Waals surface area (Å²) in [6.07, 6.45) is -2.46. The molecule has 0 N–H and O–H groups in total. The lowest BCUT2D eigenvalue weighted by Gasteiger charge is -2.08. The summed E-state index contributed by atoms with van der Waals surface area (Å²) in [5.41, 5.74) is 1.05. The normalized spacial score (nSPS) is 10.9. The van der Waals surface area contributed by atoms with Crippen LogP contribution in [0.1, 0.15) is 23.2 Å². The SMILES string of the molecule is Cc1c(C(F)F)cc(I)nc1CCl. The van der Waals surface area contributed by atoms with E-state index in [0.29, 0.717) is 15.0 Å². The molecule has 0 fully saturated rings. The van der Waals surface area contributed by atoms with Crippen LogP contribution in [0.2, 0.25) is 0 Å². The number of pyridine rings is 1. The van der Waals surface area contributed by atoms with E-state index in [-0.39, 0.29) is 11.4 Å². The fourth-order valence-electron chi connectivity index (χ4n) is 1.00. The molecule has 1 aromatic rings. The second-order valence-corrected chi connectivity index (χ2v) is 3.91. The molecule has 0 aliphatic carbocycles. The van der Waals surface area contributed by atoms with Gasteiger partial charge in [-0.1, -0.05) is 0 Å². The Morgan fingerprint density at radius 3 is 2.69 bits per heavy atom. The maximum Gasteiger partial charge on any atom is 0.264 e. The van der Waals surface area contributed by atoms with Crippen LogP contribution in [0.4, 0.5) is 8.78 Å². The smallest absolute Gasteiger partial charge is 0.245 e. The standard InChI is InChI=1S/C8H7ClF2IN/c1-4-5(8(10)11)2-7(12)13-6(4)3-9/h2,8H,3H2,1H3. The highest BCUT2D eigenvalue weighted by atomic mass is 127. The lowest BCUT2D eigenvalue weighted by Crippen LogP contribution is -2.00. The van der Waals surface area contributed by atoms with Gasteiger partial charge in [0.25, 0.3) is 6.43 Å². The highest BCUT2D eigenvalue weighted by Gasteiger charge is 2.14. The van der Waals surface area contributed by atoms with E-state index < -0.39 is 6.43 Å². The zero-order valence-corrected chi connectivity index (χ0v) is 9.73. The molecular weight excluding hydrogens is 310 g/mol. The lowest BCUT2D eigenvalue weighted by atomic mass is 10.1. The molecule has 0 spiro atoms. The van der Waals surface area contributed by atoms with Crippen LogP contribution >= 0.6 is 34.2 Å². The molecule has 0 amide bonds. The van der Waals surface area contributed by atoms with Crippen LogP contribution in [0.3, 0.4) is 0 Å². The first-order valence-electron chi connectivity index (χ1n) is 3.56. The minimum atomic E-state index is -2.46. The Hall–Kier alpha value is 0.0300. The van der Waals surface area contributed by atoms with Gasteiger partial charge in [-0.05, 0) is 41.1 Å². The molecule has 0 radical (unpaired) electrons. The van der Waals surface area contributed by atoms with Gasteiger partial charge < -0.3 is 0 Å². The lowest BCUT2D eigenvalue weighted by molar-refractivity contribution is 0.150. The third kappa shape index (κ3) is 2.49. The average molecular weight is 318 g/mol. The summed E-state index contributed by atoms with van der Waals surface area (Å²) in [6.45, 7) is 1.61. The summed E-state index contributed by atoms with van der Waals surface area (Å²) in [7, 11) is 0. The molecule has 0 unspecified atom stereocenters. The predicted octanol–water partition coefficient (Wildman–Crippen LogP) is 3.67. The average Bonchev–Trinajstić information content (AvgIpc) is 2.08. The van der Waals surface area contributed by atoms with Crippen LogP contribution in [-0.2, 0) is 5.88 Å². The summed E-state index contributed by atoms with van der Waals surface area (Å²) < 4.78 is 25.5. The van der Waals surface area contributed by atoms with Crippen LogP contribution in [0, 0.1) is 10.6 Å². The maximum absolute atomic E-state index is 12.5. The van der Waals surface area contributed by atoms with Crippen molar-refractivity contribution in [3.05, 3.63) is 26.6 Å². The Morgan fingerprint density at radius 2 is 2.23 bits per heavy atom. The first-order chi connectivity index (χ1) is 6.06. The van der Waals surface area contributed by atoms with Crippen LogP contribution in [0.25, 0.3) is 0 Å². The van der Waals surface area contributed by atoms with Crippen LogP contribution in [0.15, 0.2) is 6.07 Å². The second kappa shape index (κ2) is 4.50. The molecule has 13 heavy (non-hydrogen) atoms. The summed E-state index contributed by atoms with van der Waals surface area (Å²) in [5, 5.41) is 0. The molecular formula is C8H7ClF2IN. The van der Waals surface area contributed by atoms with Crippen molar-refractivity contribution in [2.75, 3.05) is 0 Å². The van der Waals surface area contributed by atoms with Crippen molar-refractivity contribution in [2.45, 2.75) is 19.2 Å². The molecule has 0 bridgehead atoms. The van der Waals surface area contributed by atoms with E-state index in [1.165, 1.54) is 6.07 Å². The molecule has 1 aromatic heterocycles. The molecule has 5 heteroatoms. The van der Waals surface area contributed by atoms with Crippen LogP contribution < -0.4 is 0 Å². The maximum atomic E-state index is 12.5. The second-order valence-electron chi connectivity index (χ2n) is 2.54. The van der Waals surface area contributed by atoms with Gasteiger partial charge in [-0.25, -0.2) is 13.8 Å². The zero-order chi connectivity index (χ0) is 10.0. The number of hydrogen-bond acceptors (Lipinski definition) is 1. The first kappa shape index (κ1) is 11.1. The Labute approximate surface area is 93.6 Å². The van der Waals surface area contributed by atoms with Gasteiger partial charge in [0.2, 0.25) is 0 Å². The highest BCUT2D eigenvalue weighted by molar-refractivity contribution is 14.1. The predicted molar refractivity (Wildman–Crippen MR) is 56.2 cm³/mol. The topological polar surface area (TPSA) is 12.9 Å². The fourth-order valence-corrected chi connectivity index (χ4v) is 1.89. The Balaban J connectivity index is 3.27. The molecule has 1 nitrogen and oxygen atoms in total. The van der Waals surface area contributed by atoms with E-state index in [4.69, 9.17) is 11.6 Å². The van der Waals surface area contributed by atoms with Crippen molar-refractivity contribution >= 4 is 34.2 Å². The van der Waals surface area contributed by atoms with E-state index in [1.807, 2.05) is 22.6 Å². The molecule has 0 saturated carbocycles. The van der Waals surface area contributed by atoms with Crippen molar-refractivity contribution < 1.29 is 8.78 Å². The van der Waals surface area contributed by atoms with Crippen molar-refractivity contribution in [1.82, 2.24) is 4.98 Å². The molecule has 0 aliphatic rings. The number of aromatic nitrogens is 1. The van der Waals surface area contributed by atoms with Crippen molar-refractivity contribution in [2.24, 2.45) is 0 Å². The van der Waals surface area contributed by atoms with E-state index in [9.17, 15) is 8.78 Å². The van der Waals surface area contributed by atoms with Gasteiger partial charge >= 0.3 is 0 Å². The summed E-state index contributed by atoms with van der Waals surface area (Å²) >= 11 is 7.47. The summed E-state index contributed by atoms with van der Waals surface area (Å²) in [5.74, 6) is 0.169. The van der Waals surface area contributed by atoms with Gasteiger partial charge in [-0.15, -0.1) is 11.6 Å². The van der Waals surface area contributed by atoms with Gasteiger partial charge in [0.1, 0.15) is 3.70 Å². The fraction of sp³-hybridized carbons (Fsp3) is 0.375. The van der Waals surface area contributed by atoms with Gasteiger partial charge in [0, 0.05) is 5.56 Å². The third-order valence-electron chi connectivity index (χ3n) is 1.74. The number of alkyl halides is 3. The molecule has 1 heterocycles. The molecule has 1 rings (SSSR count). The van der Waals surface area contributed by atoms with Crippen LogP contribution in [-0.4, -0.2) is 4.98 Å². The van der Waals surface area contributed by atoms with E-state index >= 15 is 0 Å². The molecule has 72 valence electrons. The quantitative estimate of drug-likeness (QED) is 0.461. The minimum Gasteiger partial charge on any atom is -0.245 e. The van der Waals surface area contributed by atoms with Crippen molar-refractivity contribution in [3.63, 3.8) is 0 Å². The van der Waals surface area contributed by atoms with E-state index in [0.717, 1.165) is 0 Å². The van der Waals surface area contributed by atoms with Gasteiger partial charge in [0.05, 0.1) is 11.6 Å². The van der Waals surface area contributed by atoms with Gasteiger partial charge in [-0.3, -0.25) is 0 Å². The Morgan fingerprint density at radius 1 is 1.62 bits per heavy atom. The minimum absolute atomic E-state index is 0.0232. The Bertz CT molecular complexity index is 317. The van der Waals surface area contributed by atoms with Crippen molar-refractivity contribution in [3.8, 4) is 0 Å². The van der Waals surface area contributed by atoms with Crippen LogP contribution in [0.5, 0.6) is 0 Å². The number of hydrogen-bond donors (Lipinski definition) is 0. The van der Waals surface area contributed by atoms with Crippen molar-refractivity contribution in [1.29, 1.82) is 0 Å². The molecule has 0 aromatic carbocycles. The summed E-state index contributed by atoms with van der Waals surface area (Å²) in [6, 6.07) is 1.39. The monoisotopic (exact) mass is 317 g/mol. The van der Waals surface area contributed by atoms with Gasteiger partial charge in [-0.2, -0.15) is 0 Å². The van der Waals surface area contributed by atoms with E-state index in [2.05, 4.69) is 4.98 Å². The zero-order valence-electron chi connectivity index (χ0n) is 6.82. The number of halogens is 4. The Kier molecular flexibility index (Phi) is 3.85. The number of nitrogens with zero attached hydrogens (tertiary/aromatic N) is 1. The third-order valence-corrected chi connectivity index (χ3v) is 2.55. The number of rotatable bonds is 2.